The number of carbonyl (C=O) groups is 2. The van der Waals surface area contributed by atoms with E-state index < -0.39 is 31.1 Å². The van der Waals surface area contributed by atoms with Crippen LogP contribution in [-0.2, 0) is 11.3 Å². The Morgan fingerprint density at radius 1 is 0.915 bits per heavy atom. The molecule has 1 fully saturated rings. The summed E-state index contributed by atoms with van der Waals surface area (Å²) in [6.45, 7) is -0.124. The Kier molecular flexibility index (Phi) is 7.99. The van der Waals surface area contributed by atoms with Gasteiger partial charge in [0, 0.05) is 12.1 Å². The van der Waals surface area contributed by atoms with Gasteiger partial charge >= 0.3 is 0 Å². The highest BCUT2D eigenvalue weighted by atomic mass is 16.6. The van der Waals surface area contributed by atoms with E-state index in [0.29, 0.717) is 16.9 Å². The molecule has 0 unspecified atom stereocenters. The van der Waals surface area contributed by atoms with Crippen LogP contribution in [0.2, 0.25) is 0 Å². The van der Waals surface area contributed by atoms with Crippen molar-refractivity contribution in [3.63, 3.8) is 0 Å². The van der Waals surface area contributed by atoms with Crippen LogP contribution in [0.25, 0.3) is 22.3 Å². The lowest BCUT2D eigenvalue weighted by Gasteiger charge is -2.20. The Bertz CT molecular complexity index is 1930. The maximum Gasteiger partial charge on any atom is 0.261 e. The molecule has 0 aliphatic carbocycles. The fraction of sp³-hybridized carbons (Fsp3) is 0.242. The van der Waals surface area contributed by atoms with Crippen molar-refractivity contribution in [3.8, 4) is 16.9 Å². The van der Waals surface area contributed by atoms with Gasteiger partial charge in [0.15, 0.2) is 23.2 Å². The van der Waals surface area contributed by atoms with E-state index >= 15 is 0 Å². The number of rotatable bonds is 10. The molecule has 0 bridgehead atoms. The molecule has 0 spiro atoms. The summed E-state index contributed by atoms with van der Waals surface area (Å²) in [5, 5.41) is 34.1. The van der Waals surface area contributed by atoms with E-state index in [1.54, 1.807) is 24.3 Å². The second kappa shape index (κ2) is 12.4. The number of fused-ring (bicyclic) bond motifs is 2. The van der Waals surface area contributed by atoms with Crippen LogP contribution >= 0.6 is 0 Å². The molecular formula is C33H31N7O7. The monoisotopic (exact) mass is 637 g/mol. The van der Waals surface area contributed by atoms with Crippen LogP contribution in [0.3, 0.4) is 0 Å². The van der Waals surface area contributed by atoms with Crippen molar-refractivity contribution in [2.24, 2.45) is 0 Å². The number of nitrogens with two attached hydrogens (primary N) is 1. The number of anilines is 2. The summed E-state index contributed by atoms with van der Waals surface area (Å²) in [7, 11) is 0. The van der Waals surface area contributed by atoms with E-state index in [9.17, 15) is 24.9 Å². The van der Waals surface area contributed by atoms with Crippen LogP contribution in [-0.4, -0.2) is 89.6 Å². The standard InChI is InChI=1S/C33H31N7O7/c34-28-25-29(37-17-36-28)40(32-27(43)26(42)24(16-41)47-32)33(38-25)35-15-18-10-11-20(19-6-2-1-3-7-19)23(14-18)46-13-12-39-30(44)21-8-4-5-9-22(21)31(39)45/h1-11,14,17,24,26-27,32,41-43H,12-13,15-16H2,(H,35,38)(H2,34,36,37)/t24-,26-,27-,32-/m1/s1. The van der Waals surface area contributed by atoms with Crippen molar-refractivity contribution in [2.45, 2.75) is 31.1 Å². The summed E-state index contributed by atoms with van der Waals surface area (Å²) in [6, 6.07) is 22.1. The zero-order valence-electron chi connectivity index (χ0n) is 24.9. The number of aliphatic hydroxyl groups excluding tert-OH is 3. The first-order valence-corrected chi connectivity index (χ1v) is 15.0. The van der Waals surface area contributed by atoms with Gasteiger partial charge in [0.2, 0.25) is 5.95 Å². The van der Waals surface area contributed by atoms with Gasteiger partial charge in [0.25, 0.3) is 11.8 Å². The summed E-state index contributed by atoms with van der Waals surface area (Å²) < 4.78 is 13.5. The number of nitrogens with zero attached hydrogens (tertiary/aromatic N) is 5. The predicted octanol–water partition coefficient (Wildman–Crippen LogP) is 1.97. The average Bonchev–Trinajstić information content (AvgIpc) is 3.69. The van der Waals surface area contributed by atoms with E-state index in [2.05, 4.69) is 20.3 Å². The number of nitrogen functional groups attached to an aromatic ring is 1. The molecule has 4 heterocycles. The number of aromatic nitrogens is 4. The van der Waals surface area contributed by atoms with Gasteiger partial charge in [-0.15, -0.1) is 0 Å². The number of hydrogen-bond donors (Lipinski definition) is 5. The van der Waals surface area contributed by atoms with Gasteiger partial charge in [-0.2, -0.15) is 0 Å². The minimum absolute atomic E-state index is 0.0694. The minimum atomic E-state index is -1.38. The molecule has 1 saturated heterocycles. The first-order valence-electron chi connectivity index (χ1n) is 15.0. The molecule has 4 atom stereocenters. The van der Waals surface area contributed by atoms with Crippen LogP contribution in [0, 0.1) is 0 Å². The summed E-state index contributed by atoms with van der Waals surface area (Å²) in [5.74, 6) is 0.196. The van der Waals surface area contributed by atoms with E-state index in [0.717, 1.165) is 16.7 Å². The van der Waals surface area contributed by atoms with Crippen molar-refractivity contribution >= 4 is 34.7 Å². The van der Waals surface area contributed by atoms with Crippen molar-refractivity contribution < 1.29 is 34.4 Å². The van der Waals surface area contributed by atoms with Gasteiger partial charge in [-0.25, -0.2) is 15.0 Å². The van der Waals surface area contributed by atoms with Gasteiger partial charge in [0.1, 0.15) is 37.0 Å². The van der Waals surface area contributed by atoms with E-state index in [1.807, 2.05) is 48.5 Å². The zero-order valence-corrected chi connectivity index (χ0v) is 24.9. The first kappa shape index (κ1) is 30.3. The summed E-state index contributed by atoms with van der Waals surface area (Å²) in [5.41, 5.74) is 9.90. The molecule has 47 heavy (non-hydrogen) atoms. The van der Waals surface area contributed by atoms with Crippen LogP contribution in [0.1, 0.15) is 32.5 Å². The van der Waals surface area contributed by atoms with Crippen LogP contribution in [0.5, 0.6) is 5.75 Å². The molecule has 0 radical (unpaired) electrons. The number of imidazole rings is 1. The number of imide groups is 1. The Morgan fingerprint density at radius 2 is 1.64 bits per heavy atom. The molecular weight excluding hydrogens is 606 g/mol. The van der Waals surface area contributed by atoms with Crippen LogP contribution in [0.4, 0.5) is 11.8 Å². The molecule has 2 amide bonds. The highest BCUT2D eigenvalue weighted by molar-refractivity contribution is 6.21. The number of hydrogen-bond acceptors (Lipinski definition) is 12. The number of benzene rings is 3. The second-order valence-corrected chi connectivity index (χ2v) is 11.2. The molecule has 7 rings (SSSR count). The maximum atomic E-state index is 12.9. The lowest BCUT2D eigenvalue weighted by atomic mass is 10.0. The van der Waals surface area contributed by atoms with Crippen molar-refractivity contribution in [1.82, 2.24) is 24.4 Å². The van der Waals surface area contributed by atoms with Gasteiger partial charge in [-0.05, 0) is 29.3 Å². The van der Waals surface area contributed by atoms with Gasteiger partial charge in [-0.3, -0.25) is 19.1 Å². The lowest BCUT2D eigenvalue weighted by molar-refractivity contribution is -0.0501. The van der Waals surface area contributed by atoms with E-state index in [1.165, 1.54) is 15.8 Å². The Balaban J connectivity index is 1.14. The normalized spacial score (nSPS) is 20.6. The maximum absolute atomic E-state index is 12.9. The molecule has 14 heteroatoms. The number of amides is 2. The predicted molar refractivity (Wildman–Crippen MR) is 169 cm³/mol. The van der Waals surface area contributed by atoms with Crippen LogP contribution < -0.4 is 15.8 Å². The summed E-state index contributed by atoms with van der Waals surface area (Å²) in [6.07, 6.45) is -3.58. The number of nitrogens with one attached hydrogen (secondary N) is 1. The van der Waals surface area contributed by atoms with Gasteiger partial charge in [0.05, 0.1) is 24.3 Å². The van der Waals surface area contributed by atoms with Gasteiger partial charge < -0.3 is 35.8 Å². The molecule has 3 aromatic carbocycles. The highest BCUT2D eigenvalue weighted by Crippen LogP contribution is 2.36. The van der Waals surface area contributed by atoms with E-state index in [-0.39, 0.29) is 54.4 Å². The average molecular weight is 638 g/mol. The number of ether oxygens (including phenoxy) is 2. The van der Waals surface area contributed by atoms with Crippen LogP contribution in [0.15, 0.2) is 79.1 Å². The minimum Gasteiger partial charge on any atom is -0.491 e. The lowest BCUT2D eigenvalue weighted by Crippen LogP contribution is -2.33. The van der Waals surface area contributed by atoms with E-state index in [4.69, 9.17) is 15.2 Å². The fourth-order valence-electron chi connectivity index (χ4n) is 5.91. The Labute approximate surface area is 268 Å². The third-order valence-electron chi connectivity index (χ3n) is 8.31. The SMILES string of the molecule is Nc1ncnc2c1nc(NCc1ccc(-c3ccccc3)c(OCCN3C(=O)c4ccccc4C3=O)c1)n2[C@@H]1O[C@H](CO)[C@@H](O)[C@H]1O. The number of carbonyl (C=O) groups excluding carboxylic acids is 2. The third-order valence-corrected chi connectivity index (χ3v) is 8.31. The summed E-state index contributed by atoms with van der Waals surface area (Å²) >= 11 is 0. The molecule has 14 nitrogen and oxygen atoms in total. The quantitative estimate of drug-likeness (QED) is 0.140. The molecule has 2 aliphatic heterocycles. The number of aliphatic hydroxyl groups is 3. The molecule has 2 aromatic heterocycles. The van der Waals surface area contributed by atoms with Crippen molar-refractivity contribution in [3.05, 3.63) is 95.8 Å². The first-order chi connectivity index (χ1) is 22.9. The summed E-state index contributed by atoms with van der Waals surface area (Å²) in [4.78, 5) is 39.8. The molecule has 2 aliphatic rings. The Hall–Kier alpha value is -5.41. The van der Waals surface area contributed by atoms with Crippen molar-refractivity contribution in [1.29, 1.82) is 0 Å². The third kappa shape index (κ3) is 5.42. The molecule has 240 valence electrons. The van der Waals surface area contributed by atoms with Crippen molar-refractivity contribution in [2.75, 3.05) is 30.8 Å². The topological polar surface area (TPSA) is 198 Å². The smallest absolute Gasteiger partial charge is 0.261 e. The second-order valence-electron chi connectivity index (χ2n) is 11.2. The fourth-order valence-corrected chi connectivity index (χ4v) is 5.91. The molecule has 5 aromatic rings. The molecule has 6 N–H and O–H groups in total. The van der Waals surface area contributed by atoms with Gasteiger partial charge in [-0.1, -0.05) is 54.6 Å². The zero-order chi connectivity index (χ0) is 32.7. The Morgan fingerprint density at radius 3 is 2.34 bits per heavy atom. The highest BCUT2D eigenvalue weighted by Gasteiger charge is 2.45. The molecule has 0 saturated carbocycles. The largest absolute Gasteiger partial charge is 0.491 e.